The summed E-state index contributed by atoms with van der Waals surface area (Å²) in [5, 5.41) is 11.6. The Balaban J connectivity index is 1.65. The number of carbonyl (C=O) groups is 2. The maximum absolute atomic E-state index is 12.1. The van der Waals surface area contributed by atoms with Crippen LogP contribution in [0.4, 0.5) is 5.69 Å². The third-order valence-electron chi connectivity index (χ3n) is 4.28. The molecule has 0 bridgehead atoms. The van der Waals surface area contributed by atoms with Gasteiger partial charge in [-0.25, -0.2) is 13.1 Å². The Morgan fingerprint density at radius 1 is 1.17 bits per heavy atom. The van der Waals surface area contributed by atoms with E-state index in [4.69, 9.17) is 5.11 Å². The van der Waals surface area contributed by atoms with Gasteiger partial charge in [0.15, 0.2) is 0 Å². The smallest absolute Gasteiger partial charge is 0.319 e. The molecule has 2 aliphatic carbocycles. The van der Waals surface area contributed by atoms with Crippen molar-refractivity contribution in [2.45, 2.75) is 30.6 Å². The molecule has 0 radical (unpaired) electrons. The van der Waals surface area contributed by atoms with E-state index >= 15 is 0 Å². The van der Waals surface area contributed by atoms with E-state index in [1.807, 2.05) is 0 Å². The lowest BCUT2D eigenvalue weighted by molar-refractivity contribution is -0.147. The van der Waals surface area contributed by atoms with Crippen molar-refractivity contribution in [2.75, 3.05) is 11.9 Å². The molecule has 0 spiro atoms. The highest BCUT2D eigenvalue weighted by atomic mass is 32.2. The van der Waals surface area contributed by atoms with Gasteiger partial charge in [-0.1, -0.05) is 0 Å². The van der Waals surface area contributed by atoms with E-state index in [0.717, 1.165) is 12.8 Å². The van der Waals surface area contributed by atoms with E-state index in [2.05, 4.69) is 10.0 Å². The van der Waals surface area contributed by atoms with E-state index in [9.17, 15) is 18.0 Å². The average molecular weight is 338 g/mol. The van der Waals surface area contributed by atoms with Crippen LogP contribution in [-0.2, 0) is 19.6 Å². The van der Waals surface area contributed by atoms with Gasteiger partial charge in [-0.05, 0) is 55.9 Å². The zero-order valence-corrected chi connectivity index (χ0v) is 13.2. The SMILES string of the molecule is O=C(O)C1(C(=O)Nc2ccc(S(=O)(=O)NCC3CC3)cc2)CC1. The highest BCUT2D eigenvalue weighted by Gasteiger charge is 2.57. The summed E-state index contributed by atoms with van der Waals surface area (Å²) in [5.74, 6) is -1.25. The normalized spacial score (nSPS) is 19.1. The van der Waals surface area contributed by atoms with Crippen molar-refractivity contribution in [1.29, 1.82) is 0 Å². The molecule has 7 nitrogen and oxygen atoms in total. The molecule has 3 N–H and O–H groups in total. The van der Waals surface area contributed by atoms with Crippen LogP contribution in [0.1, 0.15) is 25.7 Å². The van der Waals surface area contributed by atoms with Gasteiger partial charge in [-0.3, -0.25) is 9.59 Å². The third-order valence-corrected chi connectivity index (χ3v) is 5.71. The molecule has 2 fully saturated rings. The minimum Gasteiger partial charge on any atom is -0.480 e. The molecule has 124 valence electrons. The van der Waals surface area contributed by atoms with Gasteiger partial charge < -0.3 is 10.4 Å². The van der Waals surface area contributed by atoms with Crippen LogP contribution < -0.4 is 10.0 Å². The summed E-state index contributed by atoms with van der Waals surface area (Å²) < 4.78 is 26.7. The van der Waals surface area contributed by atoms with Gasteiger partial charge in [-0.2, -0.15) is 0 Å². The lowest BCUT2D eigenvalue weighted by Crippen LogP contribution is -2.31. The molecule has 1 aromatic carbocycles. The summed E-state index contributed by atoms with van der Waals surface area (Å²) in [6, 6.07) is 5.71. The summed E-state index contributed by atoms with van der Waals surface area (Å²) in [7, 11) is -3.55. The molecule has 0 aromatic heterocycles. The fourth-order valence-electron chi connectivity index (χ4n) is 2.26. The van der Waals surface area contributed by atoms with E-state index in [-0.39, 0.29) is 4.90 Å². The van der Waals surface area contributed by atoms with Crippen LogP contribution in [0, 0.1) is 11.3 Å². The monoisotopic (exact) mass is 338 g/mol. The zero-order chi connectivity index (χ0) is 16.7. The number of carboxylic acid groups (broad SMARTS) is 1. The second-order valence-electron chi connectivity index (χ2n) is 6.16. The van der Waals surface area contributed by atoms with Gasteiger partial charge in [0.25, 0.3) is 0 Å². The number of aliphatic carboxylic acids is 1. The summed E-state index contributed by atoms with van der Waals surface area (Å²) in [5.41, 5.74) is -0.944. The molecule has 0 aliphatic heterocycles. The Bertz CT molecular complexity index is 734. The number of rotatable bonds is 7. The summed E-state index contributed by atoms with van der Waals surface area (Å²) in [6.45, 7) is 0.446. The number of carboxylic acids is 1. The molecule has 0 atom stereocenters. The molecule has 2 aliphatic rings. The van der Waals surface area contributed by atoms with E-state index < -0.39 is 27.3 Å². The fourth-order valence-corrected chi connectivity index (χ4v) is 3.38. The summed E-state index contributed by atoms with van der Waals surface area (Å²) >= 11 is 0. The molecule has 3 rings (SSSR count). The maximum atomic E-state index is 12.1. The lowest BCUT2D eigenvalue weighted by atomic mass is 10.1. The van der Waals surface area contributed by atoms with E-state index in [1.165, 1.54) is 24.3 Å². The third kappa shape index (κ3) is 3.37. The van der Waals surface area contributed by atoms with Gasteiger partial charge in [0.05, 0.1) is 4.90 Å². The predicted molar refractivity (Wildman–Crippen MR) is 82.3 cm³/mol. The van der Waals surface area contributed by atoms with E-state index in [0.29, 0.717) is 31.0 Å². The fraction of sp³-hybridized carbons (Fsp3) is 0.467. The molecule has 0 heterocycles. The van der Waals surface area contributed by atoms with Crippen molar-refractivity contribution in [3.8, 4) is 0 Å². The molecular formula is C15H18N2O5S. The number of amides is 1. The summed E-state index contributed by atoms with van der Waals surface area (Å²) in [4.78, 5) is 23.2. The first-order chi connectivity index (χ1) is 10.8. The Hall–Kier alpha value is -1.93. The molecule has 0 unspecified atom stereocenters. The first-order valence-electron chi connectivity index (χ1n) is 7.48. The molecule has 0 saturated heterocycles. The number of hydrogen-bond donors (Lipinski definition) is 3. The standard InChI is InChI=1S/C15H18N2O5S/c18-13(15(7-8-15)14(19)20)17-11-3-5-12(6-4-11)23(21,22)16-9-10-1-2-10/h3-6,10,16H,1-2,7-9H2,(H,17,18)(H,19,20). The predicted octanol–water partition coefficient (Wildman–Crippen LogP) is 1.18. The molecule has 8 heteroatoms. The first kappa shape index (κ1) is 15.9. The van der Waals surface area contributed by atoms with Crippen LogP contribution in [0.15, 0.2) is 29.2 Å². The van der Waals surface area contributed by atoms with Crippen LogP contribution in [0.5, 0.6) is 0 Å². The molecule has 1 amide bonds. The van der Waals surface area contributed by atoms with Crippen LogP contribution in [-0.4, -0.2) is 31.9 Å². The van der Waals surface area contributed by atoms with Gasteiger partial charge in [0.2, 0.25) is 15.9 Å². The number of carbonyl (C=O) groups excluding carboxylic acids is 1. The van der Waals surface area contributed by atoms with Crippen molar-refractivity contribution in [2.24, 2.45) is 11.3 Å². The number of benzene rings is 1. The zero-order valence-electron chi connectivity index (χ0n) is 12.4. The van der Waals surface area contributed by atoms with Crippen LogP contribution in [0.2, 0.25) is 0 Å². The van der Waals surface area contributed by atoms with Crippen LogP contribution in [0.25, 0.3) is 0 Å². The maximum Gasteiger partial charge on any atom is 0.319 e. The van der Waals surface area contributed by atoms with Crippen molar-refractivity contribution < 1.29 is 23.1 Å². The van der Waals surface area contributed by atoms with Crippen LogP contribution in [0.3, 0.4) is 0 Å². The number of anilines is 1. The van der Waals surface area contributed by atoms with Gasteiger partial charge >= 0.3 is 5.97 Å². The highest BCUT2D eigenvalue weighted by Crippen LogP contribution is 2.46. The number of sulfonamides is 1. The van der Waals surface area contributed by atoms with Crippen molar-refractivity contribution in [3.63, 3.8) is 0 Å². The van der Waals surface area contributed by atoms with Crippen molar-refractivity contribution in [3.05, 3.63) is 24.3 Å². The first-order valence-corrected chi connectivity index (χ1v) is 8.96. The Kier molecular flexibility index (Phi) is 3.89. The Morgan fingerprint density at radius 3 is 2.26 bits per heavy atom. The summed E-state index contributed by atoms with van der Waals surface area (Å²) in [6.07, 6.45) is 2.76. The largest absolute Gasteiger partial charge is 0.480 e. The Morgan fingerprint density at radius 2 is 1.78 bits per heavy atom. The average Bonchev–Trinajstić information content (AvgIpc) is 3.39. The number of nitrogens with one attached hydrogen (secondary N) is 2. The molecule has 2 saturated carbocycles. The van der Waals surface area contributed by atoms with Gasteiger partial charge in [0, 0.05) is 12.2 Å². The Labute approximate surface area is 134 Å². The van der Waals surface area contributed by atoms with Crippen LogP contribution >= 0.6 is 0 Å². The molecule has 1 aromatic rings. The van der Waals surface area contributed by atoms with Crippen molar-refractivity contribution >= 4 is 27.6 Å². The number of hydrogen-bond acceptors (Lipinski definition) is 4. The highest BCUT2D eigenvalue weighted by molar-refractivity contribution is 7.89. The minimum absolute atomic E-state index is 0.121. The molecule has 23 heavy (non-hydrogen) atoms. The molecular weight excluding hydrogens is 320 g/mol. The van der Waals surface area contributed by atoms with Gasteiger partial charge in [-0.15, -0.1) is 0 Å². The quantitative estimate of drug-likeness (QED) is 0.646. The lowest BCUT2D eigenvalue weighted by Gasteiger charge is -2.11. The minimum atomic E-state index is -3.55. The van der Waals surface area contributed by atoms with E-state index in [1.54, 1.807) is 0 Å². The van der Waals surface area contributed by atoms with Crippen molar-refractivity contribution in [1.82, 2.24) is 4.72 Å². The van der Waals surface area contributed by atoms with Gasteiger partial charge in [0.1, 0.15) is 5.41 Å². The second-order valence-corrected chi connectivity index (χ2v) is 7.93. The second kappa shape index (κ2) is 5.61. The topological polar surface area (TPSA) is 113 Å².